The van der Waals surface area contributed by atoms with Crippen LogP contribution in [0.25, 0.3) is 0 Å². The SMILES string of the molecule is CCCC(CC)OC1=CC(C=CC(=O)c2cc(OC(CC)CCC)cc(OC(CC)CCC)c2OC(CC)CCC)C(OC(CC)CCC)(OC(CC)CCC)C=C1. The highest BCUT2D eigenvalue weighted by atomic mass is 16.7. The molecule has 2 rings (SSSR count). The van der Waals surface area contributed by atoms with Crippen molar-refractivity contribution in [3.8, 4) is 17.2 Å². The number of ketones is 1. The summed E-state index contributed by atoms with van der Waals surface area (Å²) in [5, 5.41) is 0. The molecule has 0 saturated heterocycles. The first-order valence-corrected chi connectivity index (χ1v) is 23.9. The highest BCUT2D eigenvalue weighted by Crippen LogP contribution is 2.42. The van der Waals surface area contributed by atoms with Crippen LogP contribution in [0.5, 0.6) is 17.2 Å². The summed E-state index contributed by atoms with van der Waals surface area (Å²) >= 11 is 0. The van der Waals surface area contributed by atoms with E-state index in [2.05, 4.69) is 95.2 Å². The van der Waals surface area contributed by atoms with E-state index in [1.807, 2.05) is 24.3 Å². The molecule has 0 aromatic heterocycles. The Kier molecular flexibility index (Phi) is 25.4. The average molecular weight is 811 g/mol. The summed E-state index contributed by atoms with van der Waals surface area (Å²) in [5.41, 5.74) is 0.444. The summed E-state index contributed by atoms with van der Waals surface area (Å²) in [7, 11) is 0. The standard InChI is InChI=1S/C51H86O7/c1-13-25-39(19-7)53-45-33-34-51(57-43(23-11)29-17-5,58-44(24-12)30-18-6)38(35-45)31-32-48(52)47-36-46(54-40(20-8)26-14-2)37-49(55-41(21-9)27-15-3)50(47)56-42(22-10)28-16-4/h31-44H,13-30H2,1-12H3. The van der Waals surface area contributed by atoms with Crippen LogP contribution in [0, 0.1) is 5.92 Å². The smallest absolute Gasteiger partial charge is 0.198 e. The zero-order chi connectivity index (χ0) is 42.9. The maximum Gasteiger partial charge on any atom is 0.198 e. The number of carbonyl (C=O) groups is 1. The quantitative estimate of drug-likeness (QED) is 0.0398. The lowest BCUT2D eigenvalue weighted by molar-refractivity contribution is -0.265. The van der Waals surface area contributed by atoms with Crippen LogP contribution in [-0.4, -0.2) is 48.2 Å². The first kappa shape index (κ1) is 51.4. The molecule has 0 bridgehead atoms. The Hall–Kier alpha value is -2.77. The Balaban J connectivity index is 2.91. The van der Waals surface area contributed by atoms with Crippen LogP contribution in [0.1, 0.15) is 209 Å². The van der Waals surface area contributed by atoms with Gasteiger partial charge in [0.2, 0.25) is 0 Å². The van der Waals surface area contributed by atoms with Crippen molar-refractivity contribution < 1.29 is 33.2 Å². The van der Waals surface area contributed by atoms with E-state index in [0.717, 1.165) is 121 Å². The van der Waals surface area contributed by atoms with Crippen molar-refractivity contribution in [3.05, 3.63) is 53.8 Å². The number of rotatable bonds is 33. The molecule has 0 amide bonds. The van der Waals surface area contributed by atoms with E-state index >= 15 is 0 Å². The summed E-state index contributed by atoms with van der Waals surface area (Å²) in [5.74, 6) is 0.753. The summed E-state index contributed by atoms with van der Waals surface area (Å²) in [6.45, 7) is 26.0. The predicted molar refractivity (Wildman–Crippen MR) is 242 cm³/mol. The van der Waals surface area contributed by atoms with Crippen LogP contribution in [0.4, 0.5) is 0 Å². The van der Waals surface area contributed by atoms with E-state index < -0.39 is 11.7 Å². The number of hydrogen-bond donors (Lipinski definition) is 0. The van der Waals surface area contributed by atoms with Gasteiger partial charge in [0.1, 0.15) is 11.5 Å². The molecule has 7 nitrogen and oxygen atoms in total. The van der Waals surface area contributed by atoms with Gasteiger partial charge >= 0.3 is 0 Å². The molecule has 1 aromatic carbocycles. The fourth-order valence-electron chi connectivity index (χ4n) is 7.77. The predicted octanol–water partition coefficient (Wildman–Crippen LogP) is 14.9. The van der Waals surface area contributed by atoms with E-state index in [1.54, 1.807) is 6.08 Å². The molecule has 0 saturated carbocycles. The van der Waals surface area contributed by atoms with Crippen molar-refractivity contribution in [1.29, 1.82) is 0 Å². The third-order valence-electron chi connectivity index (χ3n) is 11.3. The molecule has 0 N–H and O–H groups in total. The lowest BCUT2D eigenvalue weighted by Gasteiger charge is -2.42. The third kappa shape index (κ3) is 16.4. The molecular formula is C51H86O7. The molecule has 1 aliphatic carbocycles. The van der Waals surface area contributed by atoms with E-state index in [4.69, 9.17) is 28.4 Å². The van der Waals surface area contributed by atoms with Crippen LogP contribution in [0.15, 0.2) is 48.3 Å². The Labute approximate surface area is 356 Å². The van der Waals surface area contributed by atoms with Gasteiger partial charge in [-0.25, -0.2) is 0 Å². The van der Waals surface area contributed by atoms with E-state index in [9.17, 15) is 4.79 Å². The molecule has 7 atom stereocenters. The minimum absolute atomic E-state index is 0.0120. The van der Waals surface area contributed by atoms with Crippen LogP contribution < -0.4 is 14.2 Å². The highest BCUT2D eigenvalue weighted by Gasteiger charge is 2.43. The van der Waals surface area contributed by atoms with E-state index in [-0.39, 0.29) is 42.4 Å². The normalized spacial score (nSPS) is 19.9. The number of hydrogen-bond acceptors (Lipinski definition) is 7. The Morgan fingerprint density at radius 3 is 1.47 bits per heavy atom. The molecule has 0 aliphatic heterocycles. The topological polar surface area (TPSA) is 72.5 Å². The van der Waals surface area contributed by atoms with Crippen molar-refractivity contribution in [2.75, 3.05) is 0 Å². The van der Waals surface area contributed by atoms with Crippen LogP contribution in [-0.2, 0) is 14.2 Å². The van der Waals surface area contributed by atoms with E-state index in [0.29, 0.717) is 22.8 Å². The zero-order valence-electron chi connectivity index (χ0n) is 39.2. The van der Waals surface area contributed by atoms with Gasteiger partial charge in [-0.2, -0.15) is 0 Å². The third-order valence-corrected chi connectivity index (χ3v) is 11.3. The summed E-state index contributed by atoms with van der Waals surface area (Å²) < 4.78 is 41.0. The fourth-order valence-corrected chi connectivity index (χ4v) is 7.77. The van der Waals surface area contributed by atoms with Gasteiger partial charge in [0.05, 0.1) is 48.1 Å². The molecule has 0 fully saturated rings. The monoisotopic (exact) mass is 811 g/mol. The second-order valence-corrected chi connectivity index (χ2v) is 16.3. The maximum absolute atomic E-state index is 14.9. The van der Waals surface area contributed by atoms with Crippen LogP contribution >= 0.6 is 0 Å². The number of allylic oxidation sites excluding steroid dienone is 2. The zero-order valence-corrected chi connectivity index (χ0v) is 39.2. The molecule has 332 valence electrons. The van der Waals surface area contributed by atoms with Gasteiger partial charge in [0, 0.05) is 6.07 Å². The Bertz CT molecular complexity index is 1350. The molecule has 1 aromatic rings. The van der Waals surface area contributed by atoms with Crippen molar-refractivity contribution in [3.63, 3.8) is 0 Å². The molecule has 58 heavy (non-hydrogen) atoms. The van der Waals surface area contributed by atoms with Crippen LogP contribution in [0.2, 0.25) is 0 Å². The number of ether oxygens (including phenoxy) is 6. The summed E-state index contributed by atoms with van der Waals surface area (Å²) in [6, 6.07) is 3.82. The summed E-state index contributed by atoms with van der Waals surface area (Å²) in [4.78, 5) is 14.9. The van der Waals surface area contributed by atoms with Crippen molar-refractivity contribution in [2.24, 2.45) is 5.92 Å². The average Bonchev–Trinajstić information content (AvgIpc) is 3.22. The lowest BCUT2D eigenvalue weighted by atomic mass is 9.90. The second-order valence-electron chi connectivity index (χ2n) is 16.3. The van der Waals surface area contributed by atoms with Gasteiger partial charge < -0.3 is 28.4 Å². The maximum atomic E-state index is 14.9. The van der Waals surface area contributed by atoms with Gasteiger partial charge in [-0.1, -0.05) is 128 Å². The van der Waals surface area contributed by atoms with Gasteiger partial charge in [-0.3, -0.25) is 4.79 Å². The first-order valence-electron chi connectivity index (χ1n) is 23.9. The minimum Gasteiger partial charge on any atom is -0.491 e. The molecule has 0 heterocycles. The molecular weight excluding hydrogens is 725 g/mol. The molecule has 0 radical (unpaired) electrons. The number of benzene rings is 1. The fraction of sp³-hybridized carbons (Fsp3) is 0.745. The molecule has 0 spiro atoms. The first-order chi connectivity index (χ1) is 28.1. The lowest BCUT2D eigenvalue weighted by Crippen LogP contribution is -2.47. The van der Waals surface area contributed by atoms with Gasteiger partial charge in [-0.15, -0.1) is 0 Å². The van der Waals surface area contributed by atoms with Crippen molar-refractivity contribution in [2.45, 2.75) is 241 Å². The molecule has 7 heteroatoms. The van der Waals surface area contributed by atoms with Crippen molar-refractivity contribution >= 4 is 5.78 Å². The van der Waals surface area contributed by atoms with E-state index in [1.165, 1.54) is 0 Å². The largest absolute Gasteiger partial charge is 0.491 e. The summed E-state index contributed by atoms with van der Waals surface area (Å²) in [6.07, 6.45) is 26.5. The Morgan fingerprint density at radius 2 is 1.00 bits per heavy atom. The Morgan fingerprint density at radius 1 is 0.569 bits per heavy atom. The second kappa shape index (κ2) is 28.7. The van der Waals surface area contributed by atoms with Gasteiger partial charge in [0.25, 0.3) is 0 Å². The molecule has 7 unspecified atom stereocenters. The molecule has 1 aliphatic rings. The highest BCUT2D eigenvalue weighted by molar-refractivity contribution is 6.07. The van der Waals surface area contributed by atoms with Crippen molar-refractivity contribution in [1.82, 2.24) is 0 Å². The van der Waals surface area contributed by atoms with Gasteiger partial charge in [-0.05, 0) is 107 Å². The van der Waals surface area contributed by atoms with Crippen LogP contribution in [0.3, 0.4) is 0 Å². The van der Waals surface area contributed by atoms with Gasteiger partial charge in [0.15, 0.2) is 23.1 Å². The minimum atomic E-state index is -1.11. The number of carbonyl (C=O) groups excluding carboxylic acids is 1.